The maximum atomic E-state index is 11.9. The molecule has 0 spiro atoms. The standard InChI is InChI=1S/C15H17N3O/c1-10-2-6-13(7-3-10)18-15(19)8-11-4-5-12(16)9-14(11)17/h2-7,9H,8,16-17H2,1H3,(H,18,19). The van der Waals surface area contributed by atoms with E-state index in [1.54, 1.807) is 18.2 Å². The largest absolute Gasteiger partial charge is 0.399 e. The molecular formula is C15H17N3O. The average molecular weight is 255 g/mol. The van der Waals surface area contributed by atoms with Crippen molar-refractivity contribution in [3.05, 3.63) is 53.6 Å². The summed E-state index contributed by atoms with van der Waals surface area (Å²) in [6.07, 6.45) is 0.236. The summed E-state index contributed by atoms with van der Waals surface area (Å²) in [7, 11) is 0. The minimum Gasteiger partial charge on any atom is -0.399 e. The van der Waals surface area contributed by atoms with E-state index in [2.05, 4.69) is 5.32 Å². The molecule has 4 nitrogen and oxygen atoms in total. The van der Waals surface area contributed by atoms with Crippen LogP contribution in [0.5, 0.6) is 0 Å². The van der Waals surface area contributed by atoms with Crippen LogP contribution >= 0.6 is 0 Å². The molecule has 0 unspecified atom stereocenters. The molecule has 0 saturated heterocycles. The fourth-order valence-electron chi connectivity index (χ4n) is 1.79. The Kier molecular flexibility index (Phi) is 3.71. The maximum absolute atomic E-state index is 11.9. The molecule has 0 bridgehead atoms. The molecule has 4 heteroatoms. The van der Waals surface area contributed by atoms with Gasteiger partial charge in [0.1, 0.15) is 0 Å². The van der Waals surface area contributed by atoms with E-state index in [9.17, 15) is 4.79 Å². The van der Waals surface area contributed by atoms with E-state index in [-0.39, 0.29) is 12.3 Å². The molecule has 2 rings (SSSR count). The van der Waals surface area contributed by atoms with Crippen molar-refractivity contribution in [3.63, 3.8) is 0 Å². The second kappa shape index (κ2) is 5.44. The quantitative estimate of drug-likeness (QED) is 0.736. The predicted molar refractivity (Wildman–Crippen MR) is 78.8 cm³/mol. The van der Waals surface area contributed by atoms with E-state index in [0.717, 1.165) is 16.8 Å². The summed E-state index contributed by atoms with van der Waals surface area (Å²) in [4.78, 5) is 11.9. The molecule has 0 atom stereocenters. The Morgan fingerprint density at radius 1 is 1.11 bits per heavy atom. The first kappa shape index (κ1) is 13.0. The number of benzene rings is 2. The average Bonchev–Trinajstić information content (AvgIpc) is 2.36. The molecule has 2 aromatic rings. The number of anilines is 3. The topological polar surface area (TPSA) is 81.1 Å². The van der Waals surface area contributed by atoms with Crippen LogP contribution in [-0.4, -0.2) is 5.91 Å². The summed E-state index contributed by atoms with van der Waals surface area (Å²) >= 11 is 0. The fourth-order valence-corrected chi connectivity index (χ4v) is 1.79. The van der Waals surface area contributed by atoms with Gasteiger partial charge < -0.3 is 16.8 Å². The summed E-state index contributed by atoms with van der Waals surface area (Å²) < 4.78 is 0. The lowest BCUT2D eigenvalue weighted by molar-refractivity contribution is -0.115. The number of nitrogens with one attached hydrogen (secondary N) is 1. The number of nitrogens with two attached hydrogens (primary N) is 2. The molecule has 0 aromatic heterocycles. The van der Waals surface area contributed by atoms with Crippen LogP contribution < -0.4 is 16.8 Å². The van der Waals surface area contributed by atoms with Gasteiger partial charge in [-0.1, -0.05) is 23.8 Å². The van der Waals surface area contributed by atoms with Crippen molar-refractivity contribution in [3.8, 4) is 0 Å². The van der Waals surface area contributed by atoms with Crippen molar-refractivity contribution in [1.82, 2.24) is 0 Å². The van der Waals surface area contributed by atoms with Gasteiger partial charge in [0.15, 0.2) is 0 Å². The van der Waals surface area contributed by atoms with E-state index in [1.807, 2.05) is 31.2 Å². The highest BCUT2D eigenvalue weighted by molar-refractivity contribution is 5.93. The van der Waals surface area contributed by atoms with Crippen LogP contribution in [0, 0.1) is 6.92 Å². The van der Waals surface area contributed by atoms with Crippen molar-refractivity contribution in [1.29, 1.82) is 0 Å². The first-order chi connectivity index (χ1) is 9.04. The van der Waals surface area contributed by atoms with Crippen LogP contribution in [0.15, 0.2) is 42.5 Å². The summed E-state index contributed by atoms with van der Waals surface area (Å²) in [5, 5.41) is 2.83. The minimum absolute atomic E-state index is 0.0969. The lowest BCUT2D eigenvalue weighted by Crippen LogP contribution is -2.15. The van der Waals surface area contributed by atoms with Crippen LogP contribution in [-0.2, 0) is 11.2 Å². The summed E-state index contributed by atoms with van der Waals surface area (Å²) in [5.41, 5.74) is 15.3. The monoisotopic (exact) mass is 255 g/mol. The molecule has 0 radical (unpaired) electrons. The second-order valence-electron chi connectivity index (χ2n) is 4.55. The van der Waals surface area contributed by atoms with Crippen molar-refractivity contribution in [2.24, 2.45) is 0 Å². The van der Waals surface area contributed by atoms with E-state index in [1.165, 1.54) is 0 Å². The normalized spacial score (nSPS) is 10.2. The van der Waals surface area contributed by atoms with Gasteiger partial charge >= 0.3 is 0 Å². The molecule has 0 heterocycles. The lowest BCUT2D eigenvalue weighted by atomic mass is 10.1. The Morgan fingerprint density at radius 3 is 2.42 bits per heavy atom. The van der Waals surface area contributed by atoms with Gasteiger partial charge in [0.25, 0.3) is 0 Å². The summed E-state index contributed by atoms with van der Waals surface area (Å²) in [6, 6.07) is 12.8. The van der Waals surface area contributed by atoms with Crippen molar-refractivity contribution < 1.29 is 4.79 Å². The Balaban J connectivity index is 2.03. The molecule has 19 heavy (non-hydrogen) atoms. The number of aryl methyl sites for hydroxylation is 1. The van der Waals surface area contributed by atoms with Gasteiger partial charge in [0.2, 0.25) is 5.91 Å². The highest BCUT2D eigenvalue weighted by atomic mass is 16.1. The third-order valence-corrected chi connectivity index (χ3v) is 2.86. The number of hydrogen-bond acceptors (Lipinski definition) is 3. The van der Waals surface area contributed by atoms with E-state index >= 15 is 0 Å². The molecule has 0 aliphatic carbocycles. The molecule has 0 fully saturated rings. The van der Waals surface area contributed by atoms with Gasteiger partial charge in [0.05, 0.1) is 6.42 Å². The van der Waals surface area contributed by atoms with Crippen molar-refractivity contribution >= 4 is 23.0 Å². The van der Waals surface area contributed by atoms with Crippen LogP contribution in [0.4, 0.5) is 17.1 Å². The van der Waals surface area contributed by atoms with E-state index in [0.29, 0.717) is 11.4 Å². The molecule has 1 amide bonds. The molecule has 0 saturated carbocycles. The summed E-state index contributed by atoms with van der Waals surface area (Å²) in [5.74, 6) is -0.0969. The SMILES string of the molecule is Cc1ccc(NC(=O)Cc2ccc(N)cc2N)cc1. The number of rotatable bonds is 3. The van der Waals surface area contributed by atoms with Crippen molar-refractivity contribution in [2.75, 3.05) is 16.8 Å². The first-order valence-electron chi connectivity index (χ1n) is 6.05. The predicted octanol–water partition coefficient (Wildman–Crippen LogP) is 2.34. The zero-order valence-electron chi connectivity index (χ0n) is 10.8. The van der Waals surface area contributed by atoms with Gasteiger partial charge in [-0.3, -0.25) is 4.79 Å². The Hall–Kier alpha value is -2.49. The smallest absolute Gasteiger partial charge is 0.228 e. The molecule has 0 aliphatic heterocycles. The summed E-state index contributed by atoms with van der Waals surface area (Å²) in [6.45, 7) is 2.00. The second-order valence-corrected chi connectivity index (χ2v) is 4.55. The number of carbonyl (C=O) groups excluding carboxylic acids is 1. The van der Waals surface area contributed by atoms with Gasteiger partial charge in [-0.25, -0.2) is 0 Å². The van der Waals surface area contributed by atoms with Crippen LogP contribution in [0.3, 0.4) is 0 Å². The third kappa shape index (κ3) is 3.48. The van der Waals surface area contributed by atoms with Crippen LogP contribution in [0.25, 0.3) is 0 Å². The zero-order chi connectivity index (χ0) is 13.8. The maximum Gasteiger partial charge on any atom is 0.228 e. The van der Waals surface area contributed by atoms with Gasteiger partial charge in [0, 0.05) is 17.1 Å². The Bertz CT molecular complexity index is 591. The molecule has 5 N–H and O–H groups in total. The fraction of sp³-hybridized carbons (Fsp3) is 0.133. The number of carbonyl (C=O) groups is 1. The Morgan fingerprint density at radius 2 is 1.79 bits per heavy atom. The number of nitrogen functional groups attached to an aromatic ring is 2. The van der Waals surface area contributed by atoms with Gasteiger partial charge in [-0.05, 0) is 36.8 Å². The van der Waals surface area contributed by atoms with Crippen molar-refractivity contribution in [2.45, 2.75) is 13.3 Å². The number of amides is 1. The van der Waals surface area contributed by atoms with Gasteiger partial charge in [-0.15, -0.1) is 0 Å². The minimum atomic E-state index is -0.0969. The third-order valence-electron chi connectivity index (χ3n) is 2.86. The van der Waals surface area contributed by atoms with Crippen LogP contribution in [0.2, 0.25) is 0 Å². The molecule has 98 valence electrons. The van der Waals surface area contributed by atoms with E-state index in [4.69, 9.17) is 11.5 Å². The number of hydrogen-bond donors (Lipinski definition) is 3. The zero-order valence-corrected chi connectivity index (χ0v) is 10.8. The highest BCUT2D eigenvalue weighted by Gasteiger charge is 2.07. The van der Waals surface area contributed by atoms with Crippen LogP contribution in [0.1, 0.15) is 11.1 Å². The Labute approximate surface area is 112 Å². The molecule has 0 aliphatic rings. The van der Waals surface area contributed by atoms with Gasteiger partial charge in [-0.2, -0.15) is 0 Å². The van der Waals surface area contributed by atoms with E-state index < -0.39 is 0 Å². The first-order valence-corrected chi connectivity index (χ1v) is 6.05. The molecular weight excluding hydrogens is 238 g/mol. The molecule has 2 aromatic carbocycles. The lowest BCUT2D eigenvalue weighted by Gasteiger charge is -2.08. The highest BCUT2D eigenvalue weighted by Crippen LogP contribution is 2.17.